The van der Waals surface area contributed by atoms with Crippen LogP contribution in [-0.2, 0) is 17.7 Å². The minimum absolute atomic E-state index is 0.103. The number of methoxy groups -OCH3 is 1. The second-order valence-corrected chi connectivity index (χ2v) is 7.26. The van der Waals surface area contributed by atoms with E-state index in [0.717, 1.165) is 40.6 Å². The van der Waals surface area contributed by atoms with Gasteiger partial charge in [0.2, 0.25) is 0 Å². The van der Waals surface area contributed by atoms with Gasteiger partial charge in [0.05, 0.1) is 18.2 Å². The Labute approximate surface area is 165 Å². The fourth-order valence-corrected chi connectivity index (χ4v) is 3.56. The van der Waals surface area contributed by atoms with Crippen molar-refractivity contribution in [2.75, 3.05) is 7.11 Å². The second-order valence-electron chi connectivity index (χ2n) is 7.26. The van der Waals surface area contributed by atoms with Crippen LogP contribution in [0.2, 0.25) is 0 Å². The predicted octanol–water partition coefficient (Wildman–Crippen LogP) is 4.66. The van der Waals surface area contributed by atoms with Crippen LogP contribution in [0.3, 0.4) is 0 Å². The summed E-state index contributed by atoms with van der Waals surface area (Å²) in [6.45, 7) is 6.54. The molecular weight excluding hydrogens is 352 g/mol. The lowest BCUT2D eigenvalue weighted by molar-refractivity contribution is 0.0600. The Kier molecular flexibility index (Phi) is 5.93. The Morgan fingerprint density at radius 3 is 2.61 bits per heavy atom. The summed E-state index contributed by atoms with van der Waals surface area (Å²) in [6, 6.07) is 9.35. The highest BCUT2D eigenvalue weighted by Crippen LogP contribution is 2.31. The van der Waals surface area contributed by atoms with Gasteiger partial charge in [-0.1, -0.05) is 39.3 Å². The summed E-state index contributed by atoms with van der Waals surface area (Å²) in [5.74, 6) is -0.359. The fourth-order valence-electron chi connectivity index (χ4n) is 3.56. The molecule has 0 bridgehead atoms. The summed E-state index contributed by atoms with van der Waals surface area (Å²) in [7, 11) is 1.37. The van der Waals surface area contributed by atoms with Gasteiger partial charge < -0.3 is 9.30 Å². The summed E-state index contributed by atoms with van der Waals surface area (Å²) in [5, 5.41) is 0.888. The number of carbonyl (C=O) groups excluding carboxylic acids is 2. The molecule has 0 spiro atoms. The van der Waals surface area contributed by atoms with Crippen LogP contribution in [0.4, 0.5) is 0 Å². The van der Waals surface area contributed by atoms with Crippen LogP contribution in [0.15, 0.2) is 42.7 Å². The van der Waals surface area contributed by atoms with Crippen LogP contribution in [0.25, 0.3) is 10.9 Å². The van der Waals surface area contributed by atoms with E-state index in [4.69, 9.17) is 4.74 Å². The average Bonchev–Trinajstić information content (AvgIpc) is 3.00. The maximum absolute atomic E-state index is 13.1. The van der Waals surface area contributed by atoms with Gasteiger partial charge in [-0.15, -0.1) is 0 Å². The van der Waals surface area contributed by atoms with Crippen LogP contribution >= 0.6 is 0 Å². The molecule has 28 heavy (non-hydrogen) atoms. The van der Waals surface area contributed by atoms with E-state index in [2.05, 4.69) is 16.5 Å². The highest BCUT2D eigenvalue weighted by atomic mass is 16.5. The molecule has 0 aliphatic rings. The standard InChI is InChI=1S/C23H26N2O3/c1-5-7-19-21(22(26)15(2)3)18-10-9-17(23(27)28-4)12-20(18)25(19)14-16-8-6-11-24-13-16/h6,8-13,15H,5,7,14H2,1-4H3. The summed E-state index contributed by atoms with van der Waals surface area (Å²) in [4.78, 5) is 29.4. The molecule has 0 amide bonds. The number of hydrogen-bond acceptors (Lipinski definition) is 4. The largest absolute Gasteiger partial charge is 0.465 e. The van der Waals surface area contributed by atoms with Crippen molar-refractivity contribution in [1.29, 1.82) is 0 Å². The van der Waals surface area contributed by atoms with E-state index in [0.29, 0.717) is 12.1 Å². The fraction of sp³-hybridized carbons (Fsp3) is 0.348. The zero-order chi connectivity index (χ0) is 20.3. The van der Waals surface area contributed by atoms with E-state index < -0.39 is 0 Å². The SMILES string of the molecule is CCCc1c(C(=O)C(C)C)c2ccc(C(=O)OC)cc2n1Cc1cccnc1. The molecule has 3 rings (SSSR count). The van der Waals surface area contributed by atoms with Gasteiger partial charge in [0.15, 0.2) is 5.78 Å². The zero-order valence-electron chi connectivity index (χ0n) is 16.9. The quantitative estimate of drug-likeness (QED) is 0.443. The number of carbonyl (C=O) groups is 2. The number of nitrogens with zero attached hydrogens (tertiary/aromatic N) is 2. The highest BCUT2D eigenvalue weighted by Gasteiger charge is 2.24. The molecule has 0 atom stereocenters. The van der Waals surface area contributed by atoms with E-state index in [9.17, 15) is 9.59 Å². The molecule has 1 aromatic carbocycles. The molecule has 0 N–H and O–H groups in total. The third-order valence-electron chi connectivity index (χ3n) is 4.91. The van der Waals surface area contributed by atoms with Gasteiger partial charge in [0.1, 0.15) is 0 Å². The molecule has 0 aliphatic carbocycles. The van der Waals surface area contributed by atoms with E-state index in [1.165, 1.54) is 7.11 Å². The monoisotopic (exact) mass is 378 g/mol. The highest BCUT2D eigenvalue weighted by molar-refractivity contribution is 6.11. The molecule has 0 fully saturated rings. The lowest BCUT2D eigenvalue weighted by atomic mass is 9.96. The topological polar surface area (TPSA) is 61.2 Å². The first-order valence-electron chi connectivity index (χ1n) is 9.64. The van der Waals surface area contributed by atoms with Crippen molar-refractivity contribution in [3.63, 3.8) is 0 Å². The number of hydrogen-bond donors (Lipinski definition) is 0. The number of fused-ring (bicyclic) bond motifs is 1. The maximum atomic E-state index is 13.1. The van der Waals surface area contributed by atoms with Crippen LogP contribution < -0.4 is 0 Å². The molecule has 0 radical (unpaired) electrons. The Morgan fingerprint density at radius 2 is 2.00 bits per heavy atom. The number of pyridine rings is 1. The third-order valence-corrected chi connectivity index (χ3v) is 4.91. The van der Waals surface area contributed by atoms with E-state index in [1.807, 2.05) is 44.3 Å². The summed E-state index contributed by atoms with van der Waals surface area (Å²) in [6.07, 6.45) is 5.28. The first kappa shape index (κ1) is 19.8. The van der Waals surface area contributed by atoms with Crippen molar-refractivity contribution in [3.05, 3.63) is 65.1 Å². The molecular formula is C23H26N2O3. The Morgan fingerprint density at radius 1 is 1.21 bits per heavy atom. The molecule has 5 heteroatoms. The lowest BCUT2D eigenvalue weighted by Gasteiger charge is -2.12. The summed E-state index contributed by atoms with van der Waals surface area (Å²) >= 11 is 0. The van der Waals surface area contributed by atoms with Gasteiger partial charge in [0.25, 0.3) is 0 Å². The minimum Gasteiger partial charge on any atom is -0.465 e. The van der Waals surface area contributed by atoms with Crippen LogP contribution in [-0.4, -0.2) is 28.4 Å². The van der Waals surface area contributed by atoms with Crippen LogP contribution in [0.1, 0.15) is 59.2 Å². The number of rotatable bonds is 7. The molecule has 2 heterocycles. The van der Waals surface area contributed by atoms with Gasteiger partial charge in [-0.25, -0.2) is 4.79 Å². The third kappa shape index (κ3) is 3.70. The normalized spacial score (nSPS) is 11.2. The van der Waals surface area contributed by atoms with Crippen molar-refractivity contribution < 1.29 is 14.3 Å². The minimum atomic E-state index is -0.384. The predicted molar refractivity (Wildman–Crippen MR) is 110 cm³/mol. The molecule has 146 valence electrons. The zero-order valence-corrected chi connectivity index (χ0v) is 16.9. The molecule has 0 saturated carbocycles. The molecule has 0 unspecified atom stereocenters. The van der Waals surface area contributed by atoms with Crippen molar-refractivity contribution >= 4 is 22.7 Å². The van der Waals surface area contributed by atoms with Gasteiger partial charge in [-0.05, 0) is 30.2 Å². The number of ketones is 1. The summed E-state index contributed by atoms with van der Waals surface area (Å²) in [5.41, 5.74) is 4.18. The van der Waals surface area contributed by atoms with Gasteiger partial charge in [-0.3, -0.25) is 9.78 Å². The molecule has 0 saturated heterocycles. The molecule has 3 aromatic rings. The van der Waals surface area contributed by atoms with E-state index in [1.54, 1.807) is 12.3 Å². The van der Waals surface area contributed by atoms with Crippen LogP contribution in [0.5, 0.6) is 0 Å². The number of ether oxygens (including phenoxy) is 1. The number of esters is 1. The molecule has 0 aliphatic heterocycles. The Bertz CT molecular complexity index is 1000. The first-order chi connectivity index (χ1) is 13.5. The Hall–Kier alpha value is -2.95. The van der Waals surface area contributed by atoms with Crippen molar-refractivity contribution in [3.8, 4) is 0 Å². The summed E-state index contributed by atoms with van der Waals surface area (Å²) < 4.78 is 7.04. The van der Waals surface area contributed by atoms with Crippen molar-refractivity contribution in [2.24, 2.45) is 5.92 Å². The number of benzene rings is 1. The maximum Gasteiger partial charge on any atom is 0.337 e. The Balaban J connectivity index is 2.30. The molecule has 5 nitrogen and oxygen atoms in total. The second kappa shape index (κ2) is 8.38. The van der Waals surface area contributed by atoms with E-state index >= 15 is 0 Å². The number of aromatic nitrogens is 2. The lowest BCUT2D eigenvalue weighted by Crippen LogP contribution is -2.12. The van der Waals surface area contributed by atoms with Crippen molar-refractivity contribution in [1.82, 2.24) is 9.55 Å². The molecule has 2 aromatic heterocycles. The van der Waals surface area contributed by atoms with Gasteiger partial charge in [0, 0.05) is 41.5 Å². The van der Waals surface area contributed by atoms with Gasteiger partial charge in [-0.2, -0.15) is 0 Å². The van der Waals surface area contributed by atoms with Crippen molar-refractivity contribution in [2.45, 2.75) is 40.2 Å². The first-order valence-corrected chi connectivity index (χ1v) is 9.64. The number of Topliss-reactive ketones (excluding diaryl/α,β-unsaturated/α-hetero) is 1. The van der Waals surface area contributed by atoms with Gasteiger partial charge >= 0.3 is 5.97 Å². The van der Waals surface area contributed by atoms with Crippen LogP contribution in [0, 0.1) is 5.92 Å². The average molecular weight is 378 g/mol. The van der Waals surface area contributed by atoms with E-state index in [-0.39, 0.29) is 17.7 Å². The smallest absolute Gasteiger partial charge is 0.337 e.